The van der Waals surface area contributed by atoms with Crippen LogP contribution in [0.2, 0.25) is 0 Å². The molecule has 0 radical (unpaired) electrons. The van der Waals surface area contributed by atoms with Gasteiger partial charge >= 0.3 is 0 Å². The van der Waals surface area contributed by atoms with Crippen LogP contribution < -0.4 is 10.6 Å². The molecule has 2 amide bonds. The van der Waals surface area contributed by atoms with Crippen LogP contribution in [0.1, 0.15) is 24.1 Å². The molecule has 1 atom stereocenters. The van der Waals surface area contributed by atoms with E-state index in [0.717, 1.165) is 16.9 Å². The number of aromatic amines is 1. The molecular formula is C19H23N5O2. The molecule has 0 bridgehead atoms. The van der Waals surface area contributed by atoms with Crippen molar-refractivity contribution >= 4 is 17.5 Å². The number of amides is 2. The predicted molar refractivity (Wildman–Crippen MR) is 97.6 cm³/mol. The summed E-state index contributed by atoms with van der Waals surface area (Å²) < 4.78 is 0. The molecule has 0 unspecified atom stereocenters. The van der Waals surface area contributed by atoms with E-state index < -0.39 is 11.5 Å². The highest BCUT2D eigenvalue weighted by Crippen LogP contribution is 2.47. The summed E-state index contributed by atoms with van der Waals surface area (Å²) in [6.07, 6.45) is 4.97. The van der Waals surface area contributed by atoms with E-state index in [-0.39, 0.29) is 11.8 Å². The fourth-order valence-corrected chi connectivity index (χ4v) is 4.26. The van der Waals surface area contributed by atoms with Crippen molar-refractivity contribution in [3.63, 3.8) is 0 Å². The van der Waals surface area contributed by atoms with Gasteiger partial charge in [-0.2, -0.15) is 0 Å². The number of carbonyl (C=O) groups excluding carboxylic acids is 2. The average Bonchev–Trinajstić information content (AvgIpc) is 3.25. The number of piperidine rings is 1. The van der Waals surface area contributed by atoms with Crippen LogP contribution in [0.4, 0.5) is 5.69 Å². The Hall–Kier alpha value is -2.67. The minimum absolute atomic E-state index is 0.0680. The van der Waals surface area contributed by atoms with Crippen LogP contribution in [0, 0.1) is 0 Å². The molecule has 1 aromatic carbocycles. The molecule has 4 rings (SSSR count). The monoisotopic (exact) mass is 353 g/mol. The summed E-state index contributed by atoms with van der Waals surface area (Å²) in [6, 6.07) is 7.36. The first kappa shape index (κ1) is 16.8. The maximum Gasteiger partial charge on any atom is 0.239 e. The molecule has 3 heterocycles. The Morgan fingerprint density at radius 1 is 1.35 bits per heavy atom. The van der Waals surface area contributed by atoms with Gasteiger partial charge in [-0.1, -0.05) is 18.2 Å². The molecule has 136 valence electrons. The van der Waals surface area contributed by atoms with Crippen molar-refractivity contribution in [2.45, 2.75) is 30.7 Å². The first-order chi connectivity index (χ1) is 12.5. The first-order valence-electron chi connectivity index (χ1n) is 8.92. The van der Waals surface area contributed by atoms with Gasteiger partial charge in [-0.25, -0.2) is 4.98 Å². The van der Waals surface area contributed by atoms with E-state index in [9.17, 15) is 9.59 Å². The Labute approximate surface area is 152 Å². The topological polar surface area (TPSA) is 95.3 Å². The highest BCUT2D eigenvalue weighted by atomic mass is 16.2. The molecule has 3 N–H and O–H groups in total. The maximum atomic E-state index is 12.9. The maximum absolute atomic E-state index is 12.9. The van der Waals surface area contributed by atoms with E-state index in [0.29, 0.717) is 32.4 Å². The molecule has 2 aliphatic heterocycles. The van der Waals surface area contributed by atoms with Crippen molar-refractivity contribution < 1.29 is 9.59 Å². The first-order valence-corrected chi connectivity index (χ1v) is 8.92. The number of nitrogens with two attached hydrogens (primary N) is 1. The summed E-state index contributed by atoms with van der Waals surface area (Å²) in [5, 5.41) is 0. The summed E-state index contributed by atoms with van der Waals surface area (Å²) in [7, 11) is 1.83. The Bertz CT molecular complexity index is 824. The van der Waals surface area contributed by atoms with E-state index in [1.807, 2.05) is 31.3 Å². The number of hydrogen-bond donors (Lipinski definition) is 2. The lowest BCUT2D eigenvalue weighted by Gasteiger charge is -2.39. The van der Waals surface area contributed by atoms with E-state index >= 15 is 0 Å². The number of rotatable bonds is 3. The van der Waals surface area contributed by atoms with Gasteiger partial charge < -0.3 is 20.5 Å². The highest BCUT2D eigenvalue weighted by Gasteiger charge is 2.51. The Morgan fingerprint density at radius 2 is 2.08 bits per heavy atom. The van der Waals surface area contributed by atoms with Gasteiger partial charge in [0.1, 0.15) is 0 Å². The van der Waals surface area contributed by atoms with Crippen molar-refractivity contribution in [2.24, 2.45) is 5.73 Å². The fourth-order valence-electron chi connectivity index (χ4n) is 4.26. The number of carbonyl (C=O) groups is 2. The zero-order valence-electron chi connectivity index (χ0n) is 14.8. The number of benzene rings is 1. The normalized spacial score (nSPS) is 19.7. The molecule has 26 heavy (non-hydrogen) atoms. The number of fused-ring (bicyclic) bond motifs is 2. The number of likely N-dealkylation sites (tertiary alicyclic amines) is 1. The van der Waals surface area contributed by atoms with Crippen LogP contribution in [-0.4, -0.2) is 52.9 Å². The molecule has 2 aliphatic rings. The second kappa shape index (κ2) is 6.25. The highest BCUT2D eigenvalue weighted by molar-refractivity contribution is 6.08. The van der Waals surface area contributed by atoms with Crippen LogP contribution in [-0.2, 0) is 21.4 Å². The van der Waals surface area contributed by atoms with E-state index in [1.54, 1.807) is 22.3 Å². The van der Waals surface area contributed by atoms with Gasteiger partial charge in [-0.15, -0.1) is 0 Å². The number of anilines is 1. The zero-order chi connectivity index (χ0) is 18.3. The van der Waals surface area contributed by atoms with Crippen LogP contribution >= 0.6 is 0 Å². The van der Waals surface area contributed by atoms with Crippen LogP contribution in [0.15, 0.2) is 36.8 Å². The van der Waals surface area contributed by atoms with E-state index in [1.165, 1.54) is 0 Å². The number of aromatic nitrogens is 2. The Morgan fingerprint density at radius 3 is 2.77 bits per heavy atom. The van der Waals surface area contributed by atoms with Gasteiger partial charge in [0.05, 0.1) is 17.8 Å². The molecule has 2 aromatic rings. The minimum atomic E-state index is -0.598. The van der Waals surface area contributed by atoms with Crippen LogP contribution in [0.25, 0.3) is 0 Å². The number of imidazole rings is 1. The fraction of sp³-hybridized carbons (Fsp3) is 0.421. The van der Waals surface area contributed by atoms with Crippen LogP contribution in [0.3, 0.4) is 0 Å². The number of hydrogen-bond acceptors (Lipinski definition) is 4. The molecule has 7 nitrogen and oxygen atoms in total. The van der Waals surface area contributed by atoms with Gasteiger partial charge in [0.25, 0.3) is 0 Å². The third-order valence-electron chi connectivity index (χ3n) is 5.74. The SMILES string of the molecule is CN1C(=O)C2(CCN(C(=O)[C@@H](N)Cc3cnc[nH]3)CC2)c2ccccc21. The number of nitrogens with one attached hydrogen (secondary N) is 1. The predicted octanol–water partition coefficient (Wildman–Crippen LogP) is 0.816. The summed E-state index contributed by atoms with van der Waals surface area (Å²) in [6.45, 7) is 1.09. The third kappa shape index (κ3) is 2.50. The summed E-state index contributed by atoms with van der Waals surface area (Å²) >= 11 is 0. The number of likely N-dealkylation sites (N-methyl/N-ethyl adjacent to an activating group) is 1. The van der Waals surface area contributed by atoms with E-state index in [2.05, 4.69) is 9.97 Å². The summed E-state index contributed by atoms with van der Waals surface area (Å²) in [4.78, 5) is 36.1. The lowest BCUT2D eigenvalue weighted by Crippen LogP contribution is -2.53. The Balaban J connectivity index is 1.47. The molecule has 0 aliphatic carbocycles. The summed E-state index contributed by atoms with van der Waals surface area (Å²) in [5.74, 6) is 0.0640. The van der Waals surface area contributed by atoms with Gasteiger partial charge in [0, 0.05) is 44.1 Å². The molecule has 1 aromatic heterocycles. The van der Waals surface area contributed by atoms with Crippen LogP contribution in [0.5, 0.6) is 0 Å². The second-order valence-corrected chi connectivity index (χ2v) is 7.18. The van der Waals surface area contributed by atoms with Crippen molar-refractivity contribution in [1.29, 1.82) is 0 Å². The van der Waals surface area contributed by atoms with E-state index in [4.69, 9.17) is 5.73 Å². The smallest absolute Gasteiger partial charge is 0.239 e. The zero-order valence-corrected chi connectivity index (χ0v) is 14.8. The molecule has 1 spiro atoms. The van der Waals surface area contributed by atoms with Crippen molar-refractivity contribution in [3.8, 4) is 0 Å². The Kier molecular flexibility index (Phi) is 4.03. The lowest BCUT2D eigenvalue weighted by atomic mass is 9.73. The van der Waals surface area contributed by atoms with Gasteiger partial charge in [0.2, 0.25) is 11.8 Å². The number of para-hydroxylation sites is 1. The largest absolute Gasteiger partial charge is 0.348 e. The van der Waals surface area contributed by atoms with Gasteiger partial charge in [-0.3, -0.25) is 9.59 Å². The van der Waals surface area contributed by atoms with Gasteiger partial charge in [0.15, 0.2) is 0 Å². The standard InChI is InChI=1S/C19H23N5O2/c1-23-16-5-3-2-4-14(16)19(18(23)26)6-8-24(9-7-19)17(25)15(20)10-13-11-21-12-22-13/h2-5,11-12,15H,6-10,20H2,1H3,(H,21,22)/t15-/m0/s1. The lowest BCUT2D eigenvalue weighted by molar-refractivity contribution is -0.136. The molecular weight excluding hydrogens is 330 g/mol. The minimum Gasteiger partial charge on any atom is -0.348 e. The second-order valence-electron chi connectivity index (χ2n) is 7.18. The molecule has 0 saturated carbocycles. The molecule has 7 heteroatoms. The molecule has 1 saturated heterocycles. The number of nitrogens with zero attached hydrogens (tertiary/aromatic N) is 3. The van der Waals surface area contributed by atoms with Crippen molar-refractivity contribution in [1.82, 2.24) is 14.9 Å². The average molecular weight is 353 g/mol. The van der Waals surface area contributed by atoms with Crippen molar-refractivity contribution in [3.05, 3.63) is 48.0 Å². The summed E-state index contributed by atoms with van der Waals surface area (Å²) in [5.41, 5.74) is 8.50. The van der Waals surface area contributed by atoms with Crippen molar-refractivity contribution in [2.75, 3.05) is 25.0 Å². The number of H-pyrrole nitrogens is 1. The quantitative estimate of drug-likeness (QED) is 0.854. The van der Waals surface area contributed by atoms with Gasteiger partial charge in [-0.05, 0) is 24.5 Å². The molecule has 1 fully saturated rings. The third-order valence-corrected chi connectivity index (χ3v) is 5.74.